The van der Waals surface area contributed by atoms with Crippen molar-refractivity contribution in [3.63, 3.8) is 0 Å². The Labute approximate surface area is 127 Å². The van der Waals surface area contributed by atoms with Gasteiger partial charge in [-0.1, -0.05) is 30.3 Å². The second-order valence-corrected chi connectivity index (χ2v) is 5.69. The molecule has 0 fully saturated rings. The molecule has 21 heavy (non-hydrogen) atoms. The van der Waals surface area contributed by atoms with Crippen molar-refractivity contribution in [3.8, 4) is 5.75 Å². The third-order valence-electron chi connectivity index (χ3n) is 2.79. The monoisotopic (exact) mass is 304 g/mol. The van der Waals surface area contributed by atoms with E-state index in [2.05, 4.69) is 0 Å². The third kappa shape index (κ3) is 4.51. The zero-order valence-electron chi connectivity index (χ0n) is 11.3. The summed E-state index contributed by atoms with van der Waals surface area (Å²) < 4.78 is 5.60. The molecule has 2 N–H and O–H groups in total. The Hall–Kier alpha value is -1.98. The van der Waals surface area contributed by atoms with Crippen LogP contribution in [0.2, 0.25) is 0 Å². The number of aromatic carboxylic acids is 1. The van der Waals surface area contributed by atoms with E-state index in [0.29, 0.717) is 11.5 Å². The van der Waals surface area contributed by atoms with E-state index in [1.807, 2.05) is 30.3 Å². The Morgan fingerprint density at radius 1 is 1.10 bits per heavy atom. The van der Waals surface area contributed by atoms with Gasteiger partial charge in [0, 0.05) is 4.90 Å². The molecule has 0 saturated carbocycles. The van der Waals surface area contributed by atoms with Gasteiger partial charge in [-0.05, 0) is 24.3 Å². The lowest BCUT2D eigenvalue weighted by atomic mass is 10.2. The molecule has 0 bridgehead atoms. The molecule has 1 unspecified atom stereocenters. The van der Waals surface area contributed by atoms with Crippen LogP contribution in [0.25, 0.3) is 0 Å². The van der Waals surface area contributed by atoms with Crippen molar-refractivity contribution in [2.24, 2.45) is 0 Å². The van der Waals surface area contributed by atoms with Crippen LogP contribution in [0.5, 0.6) is 5.75 Å². The summed E-state index contributed by atoms with van der Waals surface area (Å²) in [5, 5.41) is 18.4. The minimum atomic E-state index is -0.973. The number of carboxylic acids is 1. The van der Waals surface area contributed by atoms with E-state index in [-0.39, 0.29) is 17.4 Å². The van der Waals surface area contributed by atoms with Crippen LogP contribution in [0.15, 0.2) is 59.5 Å². The van der Waals surface area contributed by atoms with Gasteiger partial charge in [-0.25, -0.2) is 4.79 Å². The summed E-state index contributed by atoms with van der Waals surface area (Å²) in [5.41, 5.74) is 0.237. The predicted molar refractivity (Wildman–Crippen MR) is 82.1 cm³/mol. The Bertz CT molecular complexity index is 586. The van der Waals surface area contributed by atoms with Crippen LogP contribution in [0.1, 0.15) is 10.4 Å². The highest BCUT2D eigenvalue weighted by Gasteiger charge is 2.16. The van der Waals surface area contributed by atoms with Crippen molar-refractivity contribution in [2.75, 3.05) is 13.2 Å². The Kier molecular flexibility index (Phi) is 5.66. The van der Waals surface area contributed by atoms with Gasteiger partial charge in [0.2, 0.25) is 0 Å². The lowest BCUT2D eigenvalue weighted by Crippen LogP contribution is -2.19. The standard InChI is InChI=1S/C16H16O4S/c17-10-13(11-20-12-6-2-1-3-7-12)21-15-9-5-4-8-14(15)16(18)19/h1-9,13,17H,10-11H2,(H,18,19). The zero-order valence-corrected chi connectivity index (χ0v) is 12.1. The molecule has 2 aromatic carbocycles. The van der Waals surface area contributed by atoms with Crippen molar-refractivity contribution in [1.29, 1.82) is 0 Å². The highest BCUT2D eigenvalue weighted by atomic mass is 32.2. The number of rotatable bonds is 7. The van der Waals surface area contributed by atoms with Crippen LogP contribution in [-0.2, 0) is 0 Å². The number of thioether (sulfide) groups is 1. The minimum absolute atomic E-state index is 0.0918. The third-order valence-corrected chi connectivity index (χ3v) is 4.02. The van der Waals surface area contributed by atoms with Gasteiger partial charge in [0.15, 0.2) is 0 Å². The number of ether oxygens (including phenoxy) is 1. The molecule has 0 aliphatic heterocycles. The van der Waals surface area contributed by atoms with E-state index in [0.717, 1.165) is 5.75 Å². The molecule has 0 saturated heterocycles. The van der Waals surface area contributed by atoms with Crippen LogP contribution < -0.4 is 4.74 Å². The van der Waals surface area contributed by atoms with Gasteiger partial charge in [-0.2, -0.15) is 0 Å². The lowest BCUT2D eigenvalue weighted by Gasteiger charge is -2.16. The van der Waals surface area contributed by atoms with Gasteiger partial charge in [0.1, 0.15) is 12.4 Å². The largest absolute Gasteiger partial charge is 0.492 e. The molecular weight excluding hydrogens is 288 g/mol. The summed E-state index contributed by atoms with van der Waals surface area (Å²) in [7, 11) is 0. The Balaban J connectivity index is 2.01. The average molecular weight is 304 g/mol. The molecule has 1 atom stereocenters. The molecule has 0 amide bonds. The quantitative estimate of drug-likeness (QED) is 0.770. The molecule has 5 heteroatoms. The maximum absolute atomic E-state index is 11.2. The molecule has 0 heterocycles. The molecule has 2 aromatic rings. The topological polar surface area (TPSA) is 66.8 Å². The van der Waals surface area contributed by atoms with Crippen molar-refractivity contribution in [3.05, 3.63) is 60.2 Å². The van der Waals surface area contributed by atoms with Crippen LogP contribution >= 0.6 is 11.8 Å². The van der Waals surface area contributed by atoms with Gasteiger partial charge in [0.05, 0.1) is 17.4 Å². The smallest absolute Gasteiger partial charge is 0.336 e. The van der Waals surface area contributed by atoms with Gasteiger partial charge in [0.25, 0.3) is 0 Å². The number of aliphatic hydroxyl groups is 1. The number of para-hydroxylation sites is 1. The van der Waals surface area contributed by atoms with Crippen molar-refractivity contribution in [1.82, 2.24) is 0 Å². The maximum Gasteiger partial charge on any atom is 0.336 e. The number of hydrogen-bond donors (Lipinski definition) is 2. The number of carbonyl (C=O) groups is 1. The fourth-order valence-corrected chi connectivity index (χ4v) is 2.76. The van der Waals surface area contributed by atoms with Gasteiger partial charge >= 0.3 is 5.97 Å². The highest BCUT2D eigenvalue weighted by Crippen LogP contribution is 2.27. The fraction of sp³-hybridized carbons (Fsp3) is 0.188. The first kappa shape index (κ1) is 15.4. The number of benzene rings is 2. The number of hydrogen-bond acceptors (Lipinski definition) is 4. The first-order valence-electron chi connectivity index (χ1n) is 6.48. The fourth-order valence-electron chi connectivity index (χ4n) is 1.76. The zero-order chi connectivity index (χ0) is 15.1. The Morgan fingerprint density at radius 2 is 1.76 bits per heavy atom. The van der Waals surface area contributed by atoms with E-state index in [9.17, 15) is 9.90 Å². The summed E-state index contributed by atoms with van der Waals surface area (Å²) in [6.07, 6.45) is 0. The number of aliphatic hydroxyl groups excluding tert-OH is 1. The normalized spacial score (nSPS) is 11.9. The van der Waals surface area contributed by atoms with E-state index < -0.39 is 5.97 Å². The number of carboxylic acid groups (broad SMARTS) is 1. The van der Waals surface area contributed by atoms with Crippen molar-refractivity contribution < 1.29 is 19.7 Å². The first-order chi connectivity index (χ1) is 10.2. The van der Waals surface area contributed by atoms with Crippen molar-refractivity contribution in [2.45, 2.75) is 10.1 Å². The minimum Gasteiger partial charge on any atom is -0.492 e. The average Bonchev–Trinajstić information content (AvgIpc) is 2.52. The second-order valence-electron chi connectivity index (χ2n) is 4.35. The predicted octanol–water partition coefficient (Wildman–Crippen LogP) is 2.92. The molecular formula is C16H16O4S. The molecule has 0 aliphatic carbocycles. The second kappa shape index (κ2) is 7.71. The van der Waals surface area contributed by atoms with Crippen LogP contribution in [-0.4, -0.2) is 34.6 Å². The van der Waals surface area contributed by atoms with Gasteiger partial charge < -0.3 is 14.9 Å². The van der Waals surface area contributed by atoms with E-state index in [1.165, 1.54) is 11.8 Å². The highest BCUT2D eigenvalue weighted by molar-refractivity contribution is 8.00. The SMILES string of the molecule is O=C(O)c1ccccc1SC(CO)COc1ccccc1. The van der Waals surface area contributed by atoms with Crippen LogP contribution in [0, 0.1) is 0 Å². The first-order valence-corrected chi connectivity index (χ1v) is 7.36. The van der Waals surface area contributed by atoms with Crippen LogP contribution in [0.3, 0.4) is 0 Å². The van der Waals surface area contributed by atoms with E-state index in [1.54, 1.807) is 24.3 Å². The molecule has 0 aliphatic rings. The molecule has 110 valence electrons. The summed E-state index contributed by atoms with van der Waals surface area (Å²) in [5.74, 6) is -0.248. The van der Waals surface area contributed by atoms with E-state index >= 15 is 0 Å². The van der Waals surface area contributed by atoms with Gasteiger partial charge in [-0.15, -0.1) is 11.8 Å². The van der Waals surface area contributed by atoms with E-state index in [4.69, 9.17) is 9.84 Å². The van der Waals surface area contributed by atoms with Crippen molar-refractivity contribution >= 4 is 17.7 Å². The summed E-state index contributed by atoms with van der Waals surface area (Å²) in [4.78, 5) is 11.8. The maximum atomic E-state index is 11.2. The summed E-state index contributed by atoms with van der Waals surface area (Å²) >= 11 is 1.31. The Morgan fingerprint density at radius 3 is 2.43 bits per heavy atom. The summed E-state index contributed by atoms with van der Waals surface area (Å²) in [6, 6.07) is 16.1. The lowest BCUT2D eigenvalue weighted by molar-refractivity contribution is 0.0693. The van der Waals surface area contributed by atoms with Crippen LogP contribution in [0.4, 0.5) is 0 Å². The molecule has 4 nitrogen and oxygen atoms in total. The van der Waals surface area contributed by atoms with Gasteiger partial charge in [-0.3, -0.25) is 0 Å². The molecule has 0 radical (unpaired) electrons. The molecule has 2 rings (SSSR count). The summed E-state index contributed by atoms with van der Waals surface area (Å²) in [6.45, 7) is 0.213. The molecule has 0 spiro atoms. The molecule has 0 aromatic heterocycles.